The minimum atomic E-state index is -0.600. The van der Waals surface area contributed by atoms with Crippen LogP contribution in [0.25, 0.3) is 0 Å². The van der Waals surface area contributed by atoms with E-state index in [4.69, 9.17) is 5.73 Å². The number of anilines is 2. The molecule has 0 saturated heterocycles. The Morgan fingerprint density at radius 3 is 2.89 bits per heavy atom. The molecule has 0 bridgehead atoms. The van der Waals surface area contributed by atoms with Gasteiger partial charge in [0.25, 0.3) is 0 Å². The summed E-state index contributed by atoms with van der Waals surface area (Å²) < 4.78 is 0. The molecular formula is C9H10N6O2S. The molecule has 94 valence electrons. The molecule has 0 aliphatic rings. The first kappa shape index (κ1) is 12.2. The zero-order chi connectivity index (χ0) is 13.1. The van der Waals surface area contributed by atoms with E-state index in [2.05, 4.69) is 20.3 Å². The number of nitrogens with zero attached hydrogens (tertiary/aromatic N) is 4. The van der Waals surface area contributed by atoms with Crippen molar-refractivity contribution in [2.24, 2.45) is 0 Å². The summed E-state index contributed by atoms with van der Waals surface area (Å²) in [5.41, 5.74) is 7.76. The minimum Gasteiger partial charge on any atom is -0.378 e. The fourth-order valence-corrected chi connectivity index (χ4v) is 2.08. The molecule has 2 heterocycles. The smallest absolute Gasteiger partial charge is 0.352 e. The molecule has 3 N–H and O–H groups in total. The van der Waals surface area contributed by atoms with Gasteiger partial charge >= 0.3 is 5.69 Å². The van der Waals surface area contributed by atoms with E-state index in [1.807, 2.05) is 6.92 Å². The number of nitrogen functional groups attached to an aromatic ring is 1. The lowest BCUT2D eigenvalue weighted by atomic mass is 10.3. The van der Waals surface area contributed by atoms with E-state index in [1.165, 1.54) is 17.7 Å². The average Bonchev–Trinajstić information content (AvgIpc) is 2.71. The molecule has 0 unspecified atom stereocenters. The highest BCUT2D eigenvalue weighted by molar-refractivity contribution is 7.09. The van der Waals surface area contributed by atoms with Crippen molar-refractivity contribution in [3.63, 3.8) is 0 Å². The second-order valence-corrected chi connectivity index (χ2v) is 4.37. The number of nitro groups is 1. The standard InChI is InChI=1S/C9H10N6O2S/c1-5-6(18-4-14-5)2-11-9-7(15(16)17)8(10)12-3-13-9/h3-4H,2H2,1H3,(H3,10,11,12,13). The van der Waals surface area contributed by atoms with Crippen LogP contribution in [0.5, 0.6) is 0 Å². The summed E-state index contributed by atoms with van der Waals surface area (Å²) >= 11 is 1.47. The molecule has 2 rings (SSSR count). The number of hydrogen-bond donors (Lipinski definition) is 2. The molecule has 0 saturated carbocycles. The summed E-state index contributed by atoms with van der Waals surface area (Å²) in [5.74, 6) is -0.0428. The first-order chi connectivity index (χ1) is 8.59. The Hall–Kier alpha value is -2.29. The van der Waals surface area contributed by atoms with Crippen LogP contribution < -0.4 is 11.1 Å². The van der Waals surface area contributed by atoms with Crippen LogP contribution in [0.2, 0.25) is 0 Å². The topological polar surface area (TPSA) is 120 Å². The fourth-order valence-electron chi connectivity index (χ4n) is 1.36. The van der Waals surface area contributed by atoms with Crippen LogP contribution in [0, 0.1) is 17.0 Å². The van der Waals surface area contributed by atoms with E-state index >= 15 is 0 Å². The molecule has 0 fully saturated rings. The summed E-state index contributed by atoms with van der Waals surface area (Å²) in [6, 6.07) is 0. The fraction of sp³-hybridized carbons (Fsp3) is 0.222. The summed E-state index contributed by atoms with van der Waals surface area (Å²) in [7, 11) is 0. The average molecular weight is 266 g/mol. The van der Waals surface area contributed by atoms with Gasteiger partial charge in [-0.3, -0.25) is 10.1 Å². The predicted molar refractivity (Wildman–Crippen MR) is 67.3 cm³/mol. The van der Waals surface area contributed by atoms with Gasteiger partial charge in [0.15, 0.2) is 0 Å². The maximum Gasteiger partial charge on any atom is 0.352 e. The summed E-state index contributed by atoms with van der Waals surface area (Å²) in [6.07, 6.45) is 1.18. The van der Waals surface area contributed by atoms with E-state index in [9.17, 15) is 10.1 Å². The first-order valence-electron chi connectivity index (χ1n) is 4.97. The van der Waals surface area contributed by atoms with Crippen LogP contribution >= 0.6 is 11.3 Å². The Bertz CT molecular complexity index is 584. The Labute approximate surface area is 106 Å². The molecule has 0 aliphatic heterocycles. The van der Waals surface area contributed by atoms with Gasteiger partial charge < -0.3 is 11.1 Å². The largest absolute Gasteiger partial charge is 0.378 e. The van der Waals surface area contributed by atoms with Gasteiger partial charge in [-0.25, -0.2) is 15.0 Å². The van der Waals surface area contributed by atoms with Gasteiger partial charge in [0.05, 0.1) is 22.7 Å². The monoisotopic (exact) mass is 266 g/mol. The highest BCUT2D eigenvalue weighted by Gasteiger charge is 2.20. The number of nitrogens with one attached hydrogen (secondary N) is 1. The van der Waals surface area contributed by atoms with Gasteiger partial charge in [-0.2, -0.15) is 0 Å². The Morgan fingerprint density at radius 2 is 2.28 bits per heavy atom. The third-order valence-electron chi connectivity index (χ3n) is 2.29. The molecule has 0 aliphatic carbocycles. The number of hydrogen-bond acceptors (Lipinski definition) is 8. The van der Waals surface area contributed by atoms with E-state index < -0.39 is 4.92 Å². The third kappa shape index (κ3) is 2.35. The second kappa shape index (κ2) is 4.92. The summed E-state index contributed by atoms with van der Waals surface area (Å²) in [4.78, 5) is 22.8. The van der Waals surface area contributed by atoms with Crippen LogP contribution in [0.4, 0.5) is 17.3 Å². The van der Waals surface area contributed by atoms with Gasteiger partial charge in [-0.05, 0) is 6.92 Å². The van der Waals surface area contributed by atoms with Crippen molar-refractivity contribution in [2.45, 2.75) is 13.5 Å². The molecule has 0 atom stereocenters. The molecule has 8 nitrogen and oxygen atoms in total. The zero-order valence-corrected chi connectivity index (χ0v) is 10.3. The molecule has 0 radical (unpaired) electrons. The molecule has 0 aromatic carbocycles. The SMILES string of the molecule is Cc1ncsc1CNc1ncnc(N)c1[N+](=O)[O-]. The Balaban J connectivity index is 2.22. The van der Waals surface area contributed by atoms with E-state index in [1.54, 1.807) is 5.51 Å². The molecule has 9 heteroatoms. The predicted octanol–water partition coefficient (Wildman–Crippen LogP) is 1.34. The summed E-state index contributed by atoms with van der Waals surface area (Å²) in [6.45, 7) is 2.28. The molecule has 2 aromatic rings. The minimum absolute atomic E-state index is 0.111. The van der Waals surface area contributed by atoms with Crippen molar-refractivity contribution in [3.05, 3.63) is 32.5 Å². The van der Waals surface area contributed by atoms with Gasteiger partial charge in [0.2, 0.25) is 11.6 Å². The number of rotatable bonds is 4. The van der Waals surface area contributed by atoms with Gasteiger partial charge in [-0.15, -0.1) is 11.3 Å². The Morgan fingerprint density at radius 1 is 1.50 bits per heavy atom. The lowest BCUT2D eigenvalue weighted by molar-refractivity contribution is -0.383. The molecule has 0 spiro atoms. The lowest BCUT2D eigenvalue weighted by Crippen LogP contribution is -2.07. The maximum atomic E-state index is 10.9. The van der Waals surface area contributed by atoms with Crippen molar-refractivity contribution in [2.75, 3.05) is 11.1 Å². The normalized spacial score (nSPS) is 10.3. The van der Waals surface area contributed by atoms with Crippen LogP contribution in [-0.4, -0.2) is 19.9 Å². The highest BCUT2D eigenvalue weighted by atomic mass is 32.1. The number of nitrogens with two attached hydrogens (primary N) is 1. The van der Waals surface area contributed by atoms with Crippen molar-refractivity contribution in [1.29, 1.82) is 0 Å². The van der Waals surface area contributed by atoms with Crippen LogP contribution in [0.15, 0.2) is 11.8 Å². The van der Waals surface area contributed by atoms with Crippen LogP contribution in [-0.2, 0) is 6.54 Å². The number of aryl methyl sites for hydroxylation is 1. The maximum absolute atomic E-state index is 10.9. The zero-order valence-electron chi connectivity index (χ0n) is 9.45. The highest BCUT2D eigenvalue weighted by Crippen LogP contribution is 2.27. The van der Waals surface area contributed by atoms with Crippen molar-refractivity contribution in [1.82, 2.24) is 15.0 Å². The molecule has 2 aromatic heterocycles. The van der Waals surface area contributed by atoms with Gasteiger partial charge in [0, 0.05) is 4.88 Å². The summed E-state index contributed by atoms with van der Waals surface area (Å²) in [5, 5.41) is 13.7. The molecule has 18 heavy (non-hydrogen) atoms. The van der Waals surface area contributed by atoms with Crippen molar-refractivity contribution >= 4 is 28.7 Å². The van der Waals surface area contributed by atoms with Gasteiger partial charge in [-0.1, -0.05) is 0 Å². The third-order valence-corrected chi connectivity index (χ3v) is 3.23. The van der Waals surface area contributed by atoms with Gasteiger partial charge in [0.1, 0.15) is 6.33 Å². The van der Waals surface area contributed by atoms with E-state index in [0.29, 0.717) is 6.54 Å². The van der Waals surface area contributed by atoms with Crippen LogP contribution in [0.1, 0.15) is 10.6 Å². The lowest BCUT2D eigenvalue weighted by Gasteiger charge is -2.05. The first-order valence-corrected chi connectivity index (χ1v) is 5.85. The Kier molecular flexibility index (Phi) is 3.33. The van der Waals surface area contributed by atoms with Crippen LogP contribution in [0.3, 0.4) is 0 Å². The van der Waals surface area contributed by atoms with E-state index in [-0.39, 0.29) is 17.3 Å². The quantitative estimate of drug-likeness (QED) is 0.632. The number of aromatic nitrogens is 3. The number of thiazole rings is 1. The van der Waals surface area contributed by atoms with Crippen molar-refractivity contribution < 1.29 is 4.92 Å². The van der Waals surface area contributed by atoms with E-state index in [0.717, 1.165) is 10.6 Å². The molecular weight excluding hydrogens is 256 g/mol. The second-order valence-electron chi connectivity index (χ2n) is 3.43. The van der Waals surface area contributed by atoms with Crippen molar-refractivity contribution in [3.8, 4) is 0 Å². The molecule has 0 amide bonds.